The first kappa shape index (κ1) is 14.3. The number of carbonyl (C=O) groups excluding carboxylic acids is 1. The zero-order chi connectivity index (χ0) is 12.8. The summed E-state index contributed by atoms with van der Waals surface area (Å²) in [6.45, 7) is 4.98. The van der Waals surface area contributed by atoms with Crippen molar-refractivity contribution in [1.82, 2.24) is 4.90 Å². The molecule has 17 heavy (non-hydrogen) atoms. The maximum atomic E-state index is 12.0. The maximum absolute atomic E-state index is 12.0. The van der Waals surface area contributed by atoms with Crippen LogP contribution in [0.4, 0.5) is 0 Å². The molecule has 0 aromatic carbocycles. The lowest BCUT2D eigenvalue weighted by atomic mass is 10.1. The Bertz CT molecular complexity index is 370. The average Bonchev–Trinajstić information content (AvgIpc) is 2.58. The Balaban J connectivity index is 2.66. The van der Waals surface area contributed by atoms with Crippen molar-refractivity contribution in [2.45, 2.75) is 13.8 Å². The lowest BCUT2D eigenvalue weighted by Crippen LogP contribution is -2.34. The Morgan fingerprint density at radius 3 is 2.29 bits per heavy atom. The van der Waals surface area contributed by atoms with Crippen LogP contribution in [0.15, 0.2) is 6.07 Å². The van der Waals surface area contributed by atoms with E-state index >= 15 is 0 Å². The summed E-state index contributed by atoms with van der Waals surface area (Å²) in [5, 5.41) is 17.7. The highest BCUT2D eigenvalue weighted by molar-refractivity contribution is 7.12. The van der Waals surface area contributed by atoms with Crippen LogP contribution in [0.5, 0.6) is 0 Å². The second-order valence-electron chi connectivity index (χ2n) is 3.97. The second kappa shape index (κ2) is 6.86. The van der Waals surface area contributed by atoms with Gasteiger partial charge in [0.15, 0.2) is 5.78 Å². The van der Waals surface area contributed by atoms with E-state index in [1.54, 1.807) is 16.2 Å². The highest BCUT2D eigenvalue weighted by Crippen LogP contribution is 2.21. The van der Waals surface area contributed by atoms with Gasteiger partial charge in [0.25, 0.3) is 0 Å². The molecule has 5 heteroatoms. The molecule has 0 radical (unpaired) electrons. The van der Waals surface area contributed by atoms with Crippen LogP contribution in [-0.2, 0) is 0 Å². The molecule has 0 fully saturated rings. The van der Waals surface area contributed by atoms with Crippen molar-refractivity contribution in [2.24, 2.45) is 0 Å². The summed E-state index contributed by atoms with van der Waals surface area (Å²) in [6, 6.07) is 1.90. The van der Waals surface area contributed by atoms with Gasteiger partial charge in [-0.3, -0.25) is 9.69 Å². The van der Waals surface area contributed by atoms with Crippen molar-refractivity contribution in [2.75, 3.05) is 32.8 Å². The molecule has 1 aromatic heterocycles. The van der Waals surface area contributed by atoms with Crippen LogP contribution < -0.4 is 0 Å². The SMILES string of the molecule is Cc1cc(C(=O)CN(CCO)CCO)c(C)s1. The molecule has 0 unspecified atom stereocenters. The van der Waals surface area contributed by atoms with E-state index in [1.807, 2.05) is 19.9 Å². The number of aliphatic hydroxyl groups is 2. The summed E-state index contributed by atoms with van der Waals surface area (Å²) in [5.74, 6) is 0.0498. The van der Waals surface area contributed by atoms with Crippen LogP contribution in [0.1, 0.15) is 20.1 Å². The quantitative estimate of drug-likeness (QED) is 0.710. The molecule has 0 amide bonds. The first-order valence-corrected chi connectivity index (χ1v) is 6.44. The fourth-order valence-electron chi connectivity index (χ4n) is 1.75. The van der Waals surface area contributed by atoms with Crippen LogP contribution in [0, 0.1) is 13.8 Å². The topological polar surface area (TPSA) is 60.8 Å². The molecule has 0 spiro atoms. The standard InChI is InChI=1S/C12H19NO3S/c1-9-7-11(10(2)17-9)12(16)8-13(3-5-14)4-6-15/h7,14-15H,3-6,8H2,1-2H3. The molecule has 1 rings (SSSR count). The number of aliphatic hydroxyl groups excluding tert-OH is 2. The van der Waals surface area contributed by atoms with Crippen molar-refractivity contribution >= 4 is 17.1 Å². The minimum absolute atomic E-state index is 0.00503. The predicted molar refractivity (Wildman–Crippen MR) is 68.7 cm³/mol. The fourth-order valence-corrected chi connectivity index (χ4v) is 2.69. The van der Waals surface area contributed by atoms with Crippen molar-refractivity contribution in [1.29, 1.82) is 0 Å². The van der Waals surface area contributed by atoms with E-state index in [4.69, 9.17) is 10.2 Å². The van der Waals surface area contributed by atoms with E-state index in [2.05, 4.69) is 0 Å². The molecule has 0 aliphatic carbocycles. The van der Waals surface area contributed by atoms with E-state index in [1.165, 1.54) is 0 Å². The zero-order valence-corrected chi connectivity index (χ0v) is 11.1. The molecule has 4 nitrogen and oxygen atoms in total. The molecule has 96 valence electrons. The predicted octanol–water partition coefficient (Wildman–Crippen LogP) is 0.834. The van der Waals surface area contributed by atoms with Gasteiger partial charge in [0, 0.05) is 28.4 Å². The summed E-state index contributed by atoms with van der Waals surface area (Å²) in [5.41, 5.74) is 0.758. The minimum atomic E-state index is -0.00503. The van der Waals surface area contributed by atoms with Crippen LogP contribution in [0.2, 0.25) is 0 Å². The smallest absolute Gasteiger partial charge is 0.177 e. The van der Waals surface area contributed by atoms with E-state index in [0.29, 0.717) is 13.1 Å². The molecular formula is C12H19NO3S. The Kier molecular flexibility index (Phi) is 5.77. The number of rotatable bonds is 7. The number of ketones is 1. The molecule has 0 aliphatic heterocycles. The van der Waals surface area contributed by atoms with Crippen LogP contribution in [0.25, 0.3) is 0 Å². The summed E-state index contributed by atoms with van der Waals surface area (Å²) in [6.07, 6.45) is 0. The van der Waals surface area contributed by atoms with Crippen LogP contribution in [0.3, 0.4) is 0 Å². The first-order chi connectivity index (χ1) is 8.08. The molecule has 0 saturated carbocycles. The van der Waals surface area contributed by atoms with Crippen LogP contribution >= 0.6 is 11.3 Å². The third-order valence-electron chi connectivity index (χ3n) is 2.54. The molecule has 1 heterocycles. The summed E-state index contributed by atoms with van der Waals surface area (Å²) in [7, 11) is 0. The number of aryl methyl sites for hydroxylation is 2. The minimum Gasteiger partial charge on any atom is -0.395 e. The molecule has 0 saturated heterocycles. The monoisotopic (exact) mass is 257 g/mol. The Hall–Kier alpha value is -0.750. The average molecular weight is 257 g/mol. The van der Waals surface area contributed by atoms with Crippen molar-refractivity contribution in [3.05, 3.63) is 21.4 Å². The molecule has 0 atom stereocenters. The van der Waals surface area contributed by atoms with Crippen LogP contribution in [-0.4, -0.2) is 53.7 Å². The number of hydrogen-bond donors (Lipinski definition) is 2. The highest BCUT2D eigenvalue weighted by Gasteiger charge is 2.15. The van der Waals surface area contributed by atoms with Gasteiger partial charge in [0.1, 0.15) is 0 Å². The van der Waals surface area contributed by atoms with Gasteiger partial charge in [-0.15, -0.1) is 11.3 Å². The van der Waals surface area contributed by atoms with E-state index in [0.717, 1.165) is 15.3 Å². The maximum Gasteiger partial charge on any atom is 0.177 e. The van der Waals surface area contributed by atoms with Gasteiger partial charge in [0.05, 0.1) is 19.8 Å². The Morgan fingerprint density at radius 1 is 1.29 bits per heavy atom. The lowest BCUT2D eigenvalue weighted by Gasteiger charge is -2.18. The number of thiophene rings is 1. The van der Waals surface area contributed by atoms with E-state index in [-0.39, 0.29) is 25.5 Å². The number of carbonyl (C=O) groups is 1. The van der Waals surface area contributed by atoms with Gasteiger partial charge >= 0.3 is 0 Å². The highest BCUT2D eigenvalue weighted by atomic mass is 32.1. The molecule has 0 bridgehead atoms. The summed E-state index contributed by atoms with van der Waals surface area (Å²) >= 11 is 1.61. The Labute approximate surface area is 106 Å². The number of hydrogen-bond acceptors (Lipinski definition) is 5. The second-order valence-corrected chi connectivity index (χ2v) is 5.43. The molecule has 1 aromatic rings. The van der Waals surface area contributed by atoms with E-state index in [9.17, 15) is 4.79 Å². The summed E-state index contributed by atoms with van der Waals surface area (Å²) in [4.78, 5) is 16.0. The van der Waals surface area contributed by atoms with Gasteiger partial charge in [-0.1, -0.05) is 0 Å². The number of Topliss-reactive ketones (excluding diaryl/α,β-unsaturated/α-hetero) is 1. The van der Waals surface area contributed by atoms with Gasteiger partial charge in [-0.25, -0.2) is 0 Å². The normalized spacial score (nSPS) is 11.1. The summed E-state index contributed by atoms with van der Waals surface area (Å²) < 4.78 is 0. The van der Waals surface area contributed by atoms with Gasteiger partial charge < -0.3 is 10.2 Å². The molecule has 2 N–H and O–H groups in total. The molecule has 0 aliphatic rings. The first-order valence-electron chi connectivity index (χ1n) is 5.62. The third-order valence-corrected chi connectivity index (χ3v) is 3.51. The zero-order valence-electron chi connectivity index (χ0n) is 10.3. The third kappa shape index (κ3) is 4.20. The van der Waals surface area contributed by atoms with Crippen molar-refractivity contribution in [3.8, 4) is 0 Å². The molecular weight excluding hydrogens is 238 g/mol. The van der Waals surface area contributed by atoms with Gasteiger partial charge in [-0.05, 0) is 19.9 Å². The van der Waals surface area contributed by atoms with E-state index < -0.39 is 0 Å². The van der Waals surface area contributed by atoms with Crippen molar-refractivity contribution < 1.29 is 15.0 Å². The van der Waals surface area contributed by atoms with Crippen molar-refractivity contribution in [3.63, 3.8) is 0 Å². The number of nitrogens with zero attached hydrogens (tertiary/aromatic N) is 1. The lowest BCUT2D eigenvalue weighted by molar-refractivity contribution is 0.0894. The van der Waals surface area contributed by atoms with Gasteiger partial charge in [-0.2, -0.15) is 0 Å². The Morgan fingerprint density at radius 2 is 1.88 bits per heavy atom. The largest absolute Gasteiger partial charge is 0.395 e. The fraction of sp³-hybridized carbons (Fsp3) is 0.583. The van der Waals surface area contributed by atoms with Gasteiger partial charge in [0.2, 0.25) is 0 Å².